The standard InChI is InChI=1S/C11H19N5O3/c1-4-8(6-17)14-10-9(16(18)19)7(3)13-11(15-10)12-5-2/h8,17H,4-6H2,1-3H3,(H2,12,13,14,15). The van der Waals surface area contributed by atoms with Crippen molar-refractivity contribution in [2.45, 2.75) is 33.2 Å². The molecule has 0 bridgehead atoms. The Morgan fingerprint density at radius 2 is 2.11 bits per heavy atom. The van der Waals surface area contributed by atoms with Crippen molar-refractivity contribution in [3.8, 4) is 0 Å². The van der Waals surface area contributed by atoms with Gasteiger partial charge in [0.1, 0.15) is 5.69 Å². The quantitative estimate of drug-likeness (QED) is 0.505. The van der Waals surface area contributed by atoms with Gasteiger partial charge in [-0.2, -0.15) is 4.98 Å². The fourth-order valence-corrected chi connectivity index (χ4v) is 1.59. The molecule has 0 saturated carbocycles. The van der Waals surface area contributed by atoms with Gasteiger partial charge in [-0.05, 0) is 20.3 Å². The average molecular weight is 269 g/mol. The summed E-state index contributed by atoms with van der Waals surface area (Å²) in [4.78, 5) is 18.7. The minimum Gasteiger partial charge on any atom is -0.394 e. The van der Waals surface area contributed by atoms with Gasteiger partial charge in [0, 0.05) is 6.54 Å². The van der Waals surface area contributed by atoms with Gasteiger partial charge in [-0.15, -0.1) is 0 Å². The summed E-state index contributed by atoms with van der Waals surface area (Å²) >= 11 is 0. The second-order valence-electron chi connectivity index (χ2n) is 4.05. The van der Waals surface area contributed by atoms with Crippen LogP contribution in [0.1, 0.15) is 26.0 Å². The average Bonchev–Trinajstić information content (AvgIpc) is 2.35. The highest BCUT2D eigenvalue weighted by Gasteiger charge is 2.23. The maximum absolute atomic E-state index is 11.1. The van der Waals surface area contributed by atoms with Crippen molar-refractivity contribution >= 4 is 17.5 Å². The van der Waals surface area contributed by atoms with Crippen LogP contribution in [0.5, 0.6) is 0 Å². The maximum atomic E-state index is 11.1. The summed E-state index contributed by atoms with van der Waals surface area (Å²) in [5, 5.41) is 26.0. The van der Waals surface area contributed by atoms with Gasteiger partial charge in [0.25, 0.3) is 0 Å². The van der Waals surface area contributed by atoms with Crippen molar-refractivity contribution in [3.63, 3.8) is 0 Å². The number of rotatable bonds is 7. The van der Waals surface area contributed by atoms with E-state index in [9.17, 15) is 10.1 Å². The monoisotopic (exact) mass is 269 g/mol. The van der Waals surface area contributed by atoms with Gasteiger partial charge < -0.3 is 15.7 Å². The number of nitro groups is 1. The van der Waals surface area contributed by atoms with E-state index in [0.29, 0.717) is 18.9 Å². The molecule has 1 heterocycles. The predicted octanol–water partition coefficient (Wildman–Crippen LogP) is 1.31. The normalized spacial score (nSPS) is 12.0. The Bertz CT molecular complexity index is 448. The molecule has 3 N–H and O–H groups in total. The molecule has 1 aromatic rings. The summed E-state index contributed by atoms with van der Waals surface area (Å²) in [6.45, 7) is 5.82. The van der Waals surface area contributed by atoms with Crippen LogP contribution in [-0.4, -0.2) is 39.2 Å². The zero-order chi connectivity index (χ0) is 14.4. The van der Waals surface area contributed by atoms with Crippen molar-refractivity contribution in [1.82, 2.24) is 9.97 Å². The highest BCUT2D eigenvalue weighted by atomic mass is 16.6. The van der Waals surface area contributed by atoms with Crippen LogP contribution in [0.2, 0.25) is 0 Å². The second-order valence-corrected chi connectivity index (χ2v) is 4.05. The van der Waals surface area contributed by atoms with Gasteiger partial charge in [0.05, 0.1) is 17.6 Å². The first-order valence-electron chi connectivity index (χ1n) is 6.17. The molecule has 106 valence electrons. The lowest BCUT2D eigenvalue weighted by molar-refractivity contribution is -0.385. The minimum atomic E-state index is -0.516. The SMILES string of the molecule is CCNc1nc(C)c([N+](=O)[O-])c(NC(CC)CO)n1. The number of nitrogens with zero attached hydrogens (tertiary/aromatic N) is 3. The third-order valence-electron chi connectivity index (χ3n) is 2.63. The topological polar surface area (TPSA) is 113 Å². The number of aromatic nitrogens is 2. The molecule has 1 rings (SSSR count). The van der Waals surface area contributed by atoms with E-state index in [0.717, 1.165) is 0 Å². The molecule has 0 fully saturated rings. The summed E-state index contributed by atoms with van der Waals surface area (Å²) in [5.74, 6) is 0.468. The van der Waals surface area contributed by atoms with Crippen LogP contribution in [0.25, 0.3) is 0 Å². The van der Waals surface area contributed by atoms with E-state index >= 15 is 0 Å². The number of hydrogen-bond acceptors (Lipinski definition) is 7. The Balaban J connectivity index is 3.19. The van der Waals surface area contributed by atoms with Gasteiger partial charge in [-0.3, -0.25) is 10.1 Å². The number of nitrogens with one attached hydrogen (secondary N) is 2. The Morgan fingerprint density at radius 3 is 2.58 bits per heavy atom. The number of anilines is 2. The number of aryl methyl sites for hydroxylation is 1. The van der Waals surface area contributed by atoms with E-state index in [-0.39, 0.29) is 29.8 Å². The molecule has 1 unspecified atom stereocenters. The second kappa shape index (κ2) is 6.83. The fourth-order valence-electron chi connectivity index (χ4n) is 1.59. The van der Waals surface area contributed by atoms with E-state index < -0.39 is 4.92 Å². The summed E-state index contributed by atoms with van der Waals surface area (Å²) in [7, 11) is 0. The molecule has 0 amide bonds. The lowest BCUT2D eigenvalue weighted by Gasteiger charge is -2.16. The molecular weight excluding hydrogens is 250 g/mol. The highest BCUT2D eigenvalue weighted by molar-refractivity contribution is 5.61. The molecule has 0 spiro atoms. The molecule has 0 aliphatic heterocycles. The first-order chi connectivity index (χ1) is 9.03. The number of aliphatic hydroxyl groups is 1. The van der Waals surface area contributed by atoms with Crippen molar-refractivity contribution in [3.05, 3.63) is 15.8 Å². The van der Waals surface area contributed by atoms with Crippen molar-refractivity contribution in [1.29, 1.82) is 0 Å². The van der Waals surface area contributed by atoms with Gasteiger partial charge in [0.2, 0.25) is 11.8 Å². The van der Waals surface area contributed by atoms with E-state index in [1.165, 1.54) is 0 Å². The maximum Gasteiger partial charge on any atom is 0.332 e. The molecule has 1 atom stereocenters. The highest BCUT2D eigenvalue weighted by Crippen LogP contribution is 2.27. The molecule has 0 aromatic carbocycles. The van der Waals surface area contributed by atoms with Gasteiger partial charge in [-0.1, -0.05) is 6.92 Å². The van der Waals surface area contributed by atoms with E-state index in [1.54, 1.807) is 6.92 Å². The van der Waals surface area contributed by atoms with Crippen molar-refractivity contribution < 1.29 is 10.0 Å². The first kappa shape index (κ1) is 15.1. The van der Waals surface area contributed by atoms with E-state index in [1.807, 2.05) is 13.8 Å². The third kappa shape index (κ3) is 3.75. The van der Waals surface area contributed by atoms with Crippen LogP contribution in [-0.2, 0) is 0 Å². The minimum absolute atomic E-state index is 0.118. The Kier molecular flexibility index (Phi) is 5.43. The van der Waals surface area contributed by atoms with E-state index in [4.69, 9.17) is 5.11 Å². The molecular formula is C11H19N5O3. The van der Waals surface area contributed by atoms with Crippen LogP contribution in [0.4, 0.5) is 17.5 Å². The van der Waals surface area contributed by atoms with Crippen molar-refractivity contribution in [2.75, 3.05) is 23.8 Å². The van der Waals surface area contributed by atoms with Gasteiger partial charge >= 0.3 is 5.69 Å². The van der Waals surface area contributed by atoms with Crippen LogP contribution in [0.15, 0.2) is 0 Å². The van der Waals surface area contributed by atoms with Crippen LogP contribution < -0.4 is 10.6 Å². The largest absolute Gasteiger partial charge is 0.394 e. The zero-order valence-electron chi connectivity index (χ0n) is 11.3. The zero-order valence-corrected chi connectivity index (χ0v) is 11.3. The molecule has 0 radical (unpaired) electrons. The Labute approximate surface area is 111 Å². The Hall–Kier alpha value is -1.96. The lowest BCUT2D eigenvalue weighted by Crippen LogP contribution is -2.24. The molecule has 8 nitrogen and oxygen atoms in total. The van der Waals surface area contributed by atoms with Crippen molar-refractivity contribution in [2.24, 2.45) is 0 Å². The molecule has 0 aliphatic rings. The predicted molar refractivity (Wildman–Crippen MR) is 72.4 cm³/mol. The Morgan fingerprint density at radius 1 is 1.42 bits per heavy atom. The molecule has 1 aromatic heterocycles. The van der Waals surface area contributed by atoms with Crippen LogP contribution >= 0.6 is 0 Å². The molecule has 0 aliphatic carbocycles. The third-order valence-corrected chi connectivity index (χ3v) is 2.63. The number of aliphatic hydroxyl groups excluding tert-OH is 1. The van der Waals surface area contributed by atoms with Gasteiger partial charge in [-0.25, -0.2) is 4.98 Å². The summed E-state index contributed by atoms with van der Waals surface area (Å²) in [5.41, 5.74) is 0.125. The van der Waals surface area contributed by atoms with Crippen LogP contribution in [0, 0.1) is 17.0 Å². The molecule has 19 heavy (non-hydrogen) atoms. The fraction of sp³-hybridized carbons (Fsp3) is 0.636. The molecule has 8 heteroatoms. The van der Waals surface area contributed by atoms with Gasteiger partial charge in [0.15, 0.2) is 0 Å². The summed E-state index contributed by atoms with van der Waals surface area (Å²) in [6, 6.07) is -0.275. The van der Waals surface area contributed by atoms with E-state index in [2.05, 4.69) is 20.6 Å². The molecule has 0 saturated heterocycles. The summed E-state index contributed by atoms with van der Waals surface area (Å²) < 4.78 is 0. The van der Waals surface area contributed by atoms with Crippen LogP contribution in [0.3, 0.4) is 0 Å². The summed E-state index contributed by atoms with van der Waals surface area (Å²) in [6.07, 6.45) is 0.632. The first-order valence-corrected chi connectivity index (χ1v) is 6.17. The smallest absolute Gasteiger partial charge is 0.332 e. The lowest BCUT2D eigenvalue weighted by atomic mass is 10.2. The number of hydrogen-bond donors (Lipinski definition) is 3.